The van der Waals surface area contributed by atoms with Crippen molar-refractivity contribution in [2.24, 2.45) is 11.8 Å². The van der Waals surface area contributed by atoms with Gasteiger partial charge >= 0.3 is 0 Å². The number of fused-ring (bicyclic) bond motifs is 5. The first kappa shape index (κ1) is 13.4. The van der Waals surface area contributed by atoms with Crippen molar-refractivity contribution in [3.8, 4) is 0 Å². The molecule has 4 rings (SSSR count). The summed E-state index contributed by atoms with van der Waals surface area (Å²) in [6.45, 7) is 6.52. The van der Waals surface area contributed by atoms with E-state index >= 15 is 0 Å². The maximum Gasteiger partial charge on any atom is 0.0369 e. The molecule has 0 aliphatic heterocycles. The third-order valence-corrected chi connectivity index (χ3v) is 6.30. The Bertz CT molecular complexity index is 679. The molecule has 0 N–H and O–H groups in total. The molecule has 0 unspecified atom stereocenters. The Balaban J connectivity index is 1.93. The van der Waals surface area contributed by atoms with Crippen LogP contribution in [-0.4, -0.2) is 0 Å². The van der Waals surface area contributed by atoms with Crippen molar-refractivity contribution in [3.63, 3.8) is 0 Å². The van der Waals surface area contributed by atoms with Crippen LogP contribution in [0.5, 0.6) is 0 Å². The summed E-state index contributed by atoms with van der Waals surface area (Å²) in [4.78, 5) is 0. The van der Waals surface area contributed by atoms with Gasteiger partial charge in [0.25, 0.3) is 0 Å². The van der Waals surface area contributed by atoms with E-state index in [4.69, 9.17) is 11.6 Å². The SMILES string of the molecule is C=C1/C(=C\C(Cl)=C/C)c2ccccc2[C@]12C[C@H]1CC[C@@H]2C1. The molecule has 3 atom stereocenters. The Kier molecular flexibility index (Phi) is 2.94. The van der Waals surface area contributed by atoms with Crippen LogP contribution < -0.4 is 0 Å². The summed E-state index contributed by atoms with van der Waals surface area (Å²) in [6, 6.07) is 8.88. The lowest BCUT2D eigenvalue weighted by Crippen LogP contribution is -2.31. The van der Waals surface area contributed by atoms with Gasteiger partial charge in [-0.05, 0) is 66.4 Å². The van der Waals surface area contributed by atoms with Gasteiger partial charge in [0.1, 0.15) is 0 Å². The Morgan fingerprint density at radius 3 is 2.81 bits per heavy atom. The van der Waals surface area contributed by atoms with Gasteiger partial charge in [0, 0.05) is 10.4 Å². The van der Waals surface area contributed by atoms with Gasteiger partial charge in [0.05, 0.1) is 0 Å². The van der Waals surface area contributed by atoms with Crippen LogP contribution >= 0.6 is 11.6 Å². The summed E-state index contributed by atoms with van der Waals surface area (Å²) in [7, 11) is 0. The quantitative estimate of drug-likeness (QED) is 0.610. The van der Waals surface area contributed by atoms with Crippen LogP contribution in [0.15, 0.2) is 53.6 Å². The summed E-state index contributed by atoms with van der Waals surface area (Å²) in [6.07, 6.45) is 9.52. The first-order valence-electron chi connectivity index (χ1n) is 8.00. The zero-order valence-corrected chi connectivity index (χ0v) is 13.3. The number of rotatable bonds is 1. The number of hydrogen-bond acceptors (Lipinski definition) is 0. The van der Waals surface area contributed by atoms with Crippen LogP contribution in [0.2, 0.25) is 0 Å². The average molecular weight is 297 g/mol. The molecule has 1 aromatic rings. The third kappa shape index (κ3) is 1.69. The van der Waals surface area contributed by atoms with Gasteiger partial charge in [-0.3, -0.25) is 0 Å². The zero-order chi connectivity index (χ0) is 14.6. The first-order valence-corrected chi connectivity index (χ1v) is 8.37. The second-order valence-corrected chi connectivity index (χ2v) is 7.24. The first-order chi connectivity index (χ1) is 10.2. The molecule has 3 aliphatic rings. The third-order valence-electron chi connectivity index (χ3n) is 5.97. The van der Waals surface area contributed by atoms with Crippen molar-refractivity contribution in [2.75, 3.05) is 0 Å². The van der Waals surface area contributed by atoms with E-state index in [1.54, 1.807) is 0 Å². The Hall–Kier alpha value is -1.27. The molecule has 0 nitrogen and oxygen atoms in total. The highest BCUT2D eigenvalue weighted by molar-refractivity contribution is 6.31. The molecular weight excluding hydrogens is 276 g/mol. The van der Waals surface area contributed by atoms with E-state index < -0.39 is 0 Å². The molecule has 0 amide bonds. The predicted octanol–water partition coefficient (Wildman–Crippen LogP) is 5.84. The molecule has 21 heavy (non-hydrogen) atoms. The molecule has 2 bridgehead atoms. The van der Waals surface area contributed by atoms with Crippen molar-refractivity contribution in [1.82, 2.24) is 0 Å². The van der Waals surface area contributed by atoms with Crippen molar-refractivity contribution in [2.45, 2.75) is 38.0 Å². The molecular formula is C20H21Cl. The molecule has 3 aliphatic carbocycles. The van der Waals surface area contributed by atoms with Crippen LogP contribution in [-0.2, 0) is 5.41 Å². The lowest BCUT2D eigenvalue weighted by Gasteiger charge is -2.36. The highest BCUT2D eigenvalue weighted by Gasteiger charge is 2.57. The van der Waals surface area contributed by atoms with E-state index in [0.29, 0.717) is 0 Å². The number of halogens is 1. The molecule has 0 aromatic heterocycles. The number of allylic oxidation sites excluding steroid dienone is 5. The smallest absolute Gasteiger partial charge is 0.0369 e. The number of benzene rings is 1. The predicted molar refractivity (Wildman–Crippen MR) is 90.3 cm³/mol. The fourth-order valence-electron chi connectivity index (χ4n) is 5.09. The lowest BCUT2D eigenvalue weighted by atomic mass is 9.67. The standard InChI is InChI=1S/C20H21Cl/c1-3-16(21)11-18-13(2)20(12-14-8-9-15(20)10-14)19-7-5-4-6-17(18)19/h3-7,11,14-15H,2,8-10,12H2,1H3/b16-3+,18-11+/t14-,15+,20+/m0/s1. The van der Waals surface area contributed by atoms with E-state index in [-0.39, 0.29) is 5.41 Å². The van der Waals surface area contributed by atoms with Gasteiger partial charge in [-0.1, -0.05) is 54.9 Å². The average Bonchev–Trinajstić information content (AvgIpc) is 3.17. The van der Waals surface area contributed by atoms with Crippen molar-refractivity contribution >= 4 is 17.2 Å². The van der Waals surface area contributed by atoms with Crippen LogP contribution in [0.4, 0.5) is 0 Å². The Morgan fingerprint density at radius 1 is 1.33 bits per heavy atom. The van der Waals surface area contributed by atoms with Crippen LogP contribution in [0.25, 0.3) is 5.57 Å². The van der Waals surface area contributed by atoms with Gasteiger partial charge < -0.3 is 0 Å². The van der Waals surface area contributed by atoms with Gasteiger partial charge in [-0.25, -0.2) is 0 Å². The summed E-state index contributed by atoms with van der Waals surface area (Å²) < 4.78 is 0. The van der Waals surface area contributed by atoms with Gasteiger partial charge in [0.2, 0.25) is 0 Å². The van der Waals surface area contributed by atoms with Crippen LogP contribution in [0.1, 0.15) is 43.7 Å². The zero-order valence-electron chi connectivity index (χ0n) is 12.5. The Labute approximate surface area is 132 Å². The summed E-state index contributed by atoms with van der Waals surface area (Å²) in [5.41, 5.74) is 5.65. The van der Waals surface area contributed by atoms with E-state index in [1.165, 1.54) is 48.0 Å². The van der Waals surface area contributed by atoms with E-state index in [9.17, 15) is 0 Å². The maximum absolute atomic E-state index is 6.29. The fraction of sp³-hybridized carbons (Fsp3) is 0.400. The minimum Gasteiger partial charge on any atom is -0.0943 e. The second-order valence-electron chi connectivity index (χ2n) is 6.81. The molecule has 108 valence electrons. The molecule has 2 fully saturated rings. The van der Waals surface area contributed by atoms with Crippen molar-refractivity contribution < 1.29 is 0 Å². The van der Waals surface area contributed by atoms with Gasteiger partial charge in [-0.15, -0.1) is 0 Å². The highest BCUT2D eigenvalue weighted by atomic mass is 35.5. The molecule has 1 aromatic carbocycles. The molecule has 0 radical (unpaired) electrons. The van der Waals surface area contributed by atoms with Crippen molar-refractivity contribution in [1.29, 1.82) is 0 Å². The molecule has 2 saturated carbocycles. The van der Waals surface area contributed by atoms with E-state index in [0.717, 1.165) is 16.9 Å². The fourth-order valence-corrected chi connectivity index (χ4v) is 5.20. The lowest BCUT2D eigenvalue weighted by molar-refractivity contribution is 0.327. The minimum absolute atomic E-state index is 0.205. The summed E-state index contributed by atoms with van der Waals surface area (Å²) in [5, 5.41) is 0.807. The summed E-state index contributed by atoms with van der Waals surface area (Å²) in [5.74, 6) is 1.68. The van der Waals surface area contributed by atoms with E-state index in [1.807, 2.05) is 13.0 Å². The maximum atomic E-state index is 6.29. The second kappa shape index (κ2) is 4.61. The van der Waals surface area contributed by atoms with Gasteiger partial charge in [-0.2, -0.15) is 0 Å². The van der Waals surface area contributed by atoms with E-state index in [2.05, 4.69) is 36.9 Å². The highest BCUT2D eigenvalue weighted by Crippen LogP contribution is 2.66. The largest absolute Gasteiger partial charge is 0.0943 e. The number of hydrogen-bond donors (Lipinski definition) is 0. The normalized spacial score (nSPS) is 36.0. The monoisotopic (exact) mass is 296 g/mol. The molecule has 0 heterocycles. The molecule has 0 saturated heterocycles. The Morgan fingerprint density at radius 2 is 2.14 bits per heavy atom. The molecule has 1 spiro atoms. The van der Waals surface area contributed by atoms with Gasteiger partial charge in [0.15, 0.2) is 0 Å². The summed E-state index contributed by atoms with van der Waals surface area (Å²) >= 11 is 6.29. The minimum atomic E-state index is 0.205. The topological polar surface area (TPSA) is 0 Å². The molecule has 1 heteroatoms. The van der Waals surface area contributed by atoms with Crippen molar-refractivity contribution in [3.05, 3.63) is 64.7 Å². The van der Waals surface area contributed by atoms with Crippen LogP contribution in [0, 0.1) is 11.8 Å². The van der Waals surface area contributed by atoms with Crippen LogP contribution in [0.3, 0.4) is 0 Å².